The van der Waals surface area contributed by atoms with E-state index in [1.807, 2.05) is 13.0 Å². The van der Waals surface area contributed by atoms with E-state index in [1.54, 1.807) is 18.3 Å². The Morgan fingerprint density at radius 1 is 1.21 bits per heavy atom. The van der Waals surface area contributed by atoms with Gasteiger partial charge in [0.05, 0.1) is 10.4 Å². The number of aromatic amines is 1. The molecule has 0 unspecified atom stereocenters. The highest BCUT2D eigenvalue weighted by Gasteiger charge is 2.10. The summed E-state index contributed by atoms with van der Waals surface area (Å²) < 4.78 is 0. The topological polar surface area (TPSA) is 84.7 Å². The predicted octanol–water partition coefficient (Wildman–Crippen LogP) is 2.84. The van der Waals surface area contributed by atoms with Crippen LogP contribution in [0.4, 0.5) is 5.69 Å². The Balaban J connectivity index is 2.09. The third kappa shape index (κ3) is 1.93. The van der Waals surface area contributed by atoms with Crippen molar-refractivity contribution >= 4 is 16.9 Å². The van der Waals surface area contributed by atoms with Gasteiger partial charge in [-0.1, -0.05) is 0 Å². The fourth-order valence-electron chi connectivity index (χ4n) is 1.91. The molecule has 0 atom stereocenters. The average molecular weight is 254 g/mol. The standard InChI is InChI=1S/C13H10N4O2/c1-8-6-7-14-13-11(8)15-12(16-13)9-2-4-10(5-3-9)17(18)19/h2-7H,1H3,(H,14,15,16). The maximum absolute atomic E-state index is 10.6. The van der Waals surface area contributed by atoms with Gasteiger partial charge in [-0.2, -0.15) is 0 Å². The van der Waals surface area contributed by atoms with E-state index in [0.29, 0.717) is 11.5 Å². The first-order chi connectivity index (χ1) is 9.15. The van der Waals surface area contributed by atoms with Gasteiger partial charge in [0.15, 0.2) is 5.65 Å². The molecule has 6 heteroatoms. The Morgan fingerprint density at radius 2 is 1.95 bits per heavy atom. The van der Waals surface area contributed by atoms with Crippen LogP contribution in [0.1, 0.15) is 5.56 Å². The SMILES string of the molecule is Cc1ccnc2nc(-c3ccc([N+](=O)[O-])cc3)[nH]c12. The fraction of sp³-hybridized carbons (Fsp3) is 0.0769. The van der Waals surface area contributed by atoms with Crippen molar-refractivity contribution < 1.29 is 4.92 Å². The molecule has 6 nitrogen and oxygen atoms in total. The predicted molar refractivity (Wildman–Crippen MR) is 70.7 cm³/mol. The van der Waals surface area contributed by atoms with Crippen molar-refractivity contribution in [3.05, 3.63) is 52.2 Å². The molecule has 0 saturated carbocycles. The van der Waals surface area contributed by atoms with Crippen LogP contribution in [-0.2, 0) is 0 Å². The number of benzene rings is 1. The largest absolute Gasteiger partial charge is 0.336 e. The number of rotatable bonds is 2. The van der Waals surface area contributed by atoms with Gasteiger partial charge in [0.2, 0.25) is 0 Å². The minimum absolute atomic E-state index is 0.0640. The second kappa shape index (κ2) is 4.16. The van der Waals surface area contributed by atoms with E-state index in [-0.39, 0.29) is 5.69 Å². The van der Waals surface area contributed by atoms with E-state index in [2.05, 4.69) is 15.0 Å². The normalized spacial score (nSPS) is 10.8. The summed E-state index contributed by atoms with van der Waals surface area (Å²) in [6.07, 6.45) is 1.71. The molecule has 2 heterocycles. The van der Waals surface area contributed by atoms with Gasteiger partial charge in [-0.05, 0) is 30.7 Å². The number of H-pyrrole nitrogens is 1. The van der Waals surface area contributed by atoms with E-state index in [1.165, 1.54) is 12.1 Å². The third-order valence-corrected chi connectivity index (χ3v) is 2.95. The van der Waals surface area contributed by atoms with E-state index in [4.69, 9.17) is 0 Å². The lowest BCUT2D eigenvalue weighted by molar-refractivity contribution is -0.384. The molecule has 1 N–H and O–H groups in total. The van der Waals surface area contributed by atoms with E-state index >= 15 is 0 Å². The molecular formula is C13H10N4O2. The fourth-order valence-corrected chi connectivity index (χ4v) is 1.91. The Hall–Kier alpha value is -2.76. The smallest absolute Gasteiger partial charge is 0.269 e. The van der Waals surface area contributed by atoms with Crippen LogP contribution in [0.2, 0.25) is 0 Å². The second-order valence-corrected chi connectivity index (χ2v) is 4.22. The summed E-state index contributed by atoms with van der Waals surface area (Å²) in [6, 6.07) is 8.17. The van der Waals surface area contributed by atoms with Gasteiger partial charge in [-0.25, -0.2) is 9.97 Å². The monoisotopic (exact) mass is 254 g/mol. The van der Waals surface area contributed by atoms with Crippen LogP contribution in [0.5, 0.6) is 0 Å². The van der Waals surface area contributed by atoms with Gasteiger partial charge in [0.25, 0.3) is 5.69 Å². The molecule has 1 aromatic carbocycles. The first kappa shape index (κ1) is 11.3. The minimum Gasteiger partial charge on any atom is -0.336 e. The summed E-state index contributed by atoms with van der Waals surface area (Å²) in [6.45, 7) is 1.97. The van der Waals surface area contributed by atoms with Crippen LogP contribution >= 0.6 is 0 Å². The third-order valence-electron chi connectivity index (χ3n) is 2.95. The van der Waals surface area contributed by atoms with Crippen molar-refractivity contribution in [2.45, 2.75) is 6.92 Å². The maximum Gasteiger partial charge on any atom is 0.269 e. The number of aryl methyl sites for hydroxylation is 1. The van der Waals surface area contributed by atoms with Crippen LogP contribution in [0, 0.1) is 17.0 Å². The quantitative estimate of drug-likeness (QED) is 0.563. The molecule has 3 aromatic rings. The molecule has 3 rings (SSSR count). The Kier molecular flexibility index (Phi) is 2.49. The molecule has 19 heavy (non-hydrogen) atoms. The van der Waals surface area contributed by atoms with Crippen molar-refractivity contribution in [1.29, 1.82) is 0 Å². The van der Waals surface area contributed by atoms with Crippen LogP contribution < -0.4 is 0 Å². The van der Waals surface area contributed by atoms with E-state index < -0.39 is 4.92 Å². The number of nitro benzene ring substituents is 1. The van der Waals surface area contributed by atoms with Gasteiger partial charge in [-0.3, -0.25) is 10.1 Å². The summed E-state index contributed by atoms with van der Waals surface area (Å²) in [5.74, 6) is 0.659. The van der Waals surface area contributed by atoms with Gasteiger partial charge in [0.1, 0.15) is 5.82 Å². The number of hydrogen-bond donors (Lipinski definition) is 1. The van der Waals surface area contributed by atoms with Crippen molar-refractivity contribution in [2.24, 2.45) is 0 Å². The zero-order valence-electron chi connectivity index (χ0n) is 10.1. The molecule has 0 amide bonds. The van der Waals surface area contributed by atoms with Crippen LogP contribution in [0.15, 0.2) is 36.5 Å². The summed E-state index contributed by atoms with van der Waals surface area (Å²) in [5.41, 5.74) is 3.45. The summed E-state index contributed by atoms with van der Waals surface area (Å²) in [4.78, 5) is 21.9. The summed E-state index contributed by atoms with van der Waals surface area (Å²) >= 11 is 0. The van der Waals surface area contributed by atoms with Crippen molar-refractivity contribution in [1.82, 2.24) is 15.0 Å². The van der Waals surface area contributed by atoms with Crippen LogP contribution in [0.25, 0.3) is 22.6 Å². The number of non-ortho nitro benzene ring substituents is 1. The lowest BCUT2D eigenvalue weighted by Gasteiger charge is -1.95. The Bertz CT molecular complexity index is 762. The van der Waals surface area contributed by atoms with Crippen molar-refractivity contribution in [3.8, 4) is 11.4 Å². The number of fused-ring (bicyclic) bond motifs is 1. The number of nitro groups is 1. The number of aromatic nitrogens is 3. The van der Waals surface area contributed by atoms with Crippen molar-refractivity contribution in [3.63, 3.8) is 0 Å². The number of pyridine rings is 1. The van der Waals surface area contributed by atoms with Gasteiger partial charge in [-0.15, -0.1) is 0 Å². The lowest BCUT2D eigenvalue weighted by Crippen LogP contribution is -1.87. The second-order valence-electron chi connectivity index (χ2n) is 4.22. The molecule has 94 valence electrons. The number of nitrogens with zero attached hydrogens (tertiary/aromatic N) is 3. The average Bonchev–Trinajstić information content (AvgIpc) is 2.84. The van der Waals surface area contributed by atoms with Crippen LogP contribution in [0.3, 0.4) is 0 Å². The molecule has 0 radical (unpaired) electrons. The lowest BCUT2D eigenvalue weighted by atomic mass is 10.2. The molecule has 0 saturated heterocycles. The van der Waals surface area contributed by atoms with Gasteiger partial charge < -0.3 is 4.98 Å². The molecular weight excluding hydrogens is 244 g/mol. The highest BCUT2D eigenvalue weighted by Crippen LogP contribution is 2.23. The minimum atomic E-state index is -0.423. The first-order valence-corrected chi connectivity index (χ1v) is 5.71. The highest BCUT2D eigenvalue weighted by atomic mass is 16.6. The molecule has 2 aromatic heterocycles. The van der Waals surface area contributed by atoms with E-state index in [9.17, 15) is 10.1 Å². The van der Waals surface area contributed by atoms with Gasteiger partial charge >= 0.3 is 0 Å². The Morgan fingerprint density at radius 3 is 2.58 bits per heavy atom. The van der Waals surface area contributed by atoms with Gasteiger partial charge in [0, 0.05) is 23.9 Å². The molecule has 0 fully saturated rings. The molecule has 0 aliphatic rings. The number of imidazole rings is 1. The number of hydrogen-bond acceptors (Lipinski definition) is 4. The Labute approximate surface area is 108 Å². The summed E-state index contributed by atoms with van der Waals surface area (Å²) in [7, 11) is 0. The first-order valence-electron chi connectivity index (χ1n) is 5.71. The molecule has 0 bridgehead atoms. The maximum atomic E-state index is 10.6. The van der Waals surface area contributed by atoms with Crippen LogP contribution in [-0.4, -0.2) is 19.9 Å². The van der Waals surface area contributed by atoms with Crippen molar-refractivity contribution in [2.75, 3.05) is 0 Å². The number of nitrogens with one attached hydrogen (secondary N) is 1. The molecule has 0 aliphatic heterocycles. The molecule has 0 aliphatic carbocycles. The highest BCUT2D eigenvalue weighted by molar-refractivity contribution is 5.78. The van der Waals surface area contributed by atoms with E-state index in [0.717, 1.165) is 16.6 Å². The zero-order valence-corrected chi connectivity index (χ0v) is 10.1. The molecule has 0 spiro atoms. The zero-order chi connectivity index (χ0) is 13.4. The summed E-state index contributed by atoms with van der Waals surface area (Å²) in [5, 5.41) is 10.6.